The highest BCUT2D eigenvalue weighted by atomic mass is 16.5. The molecule has 0 bridgehead atoms. The molecule has 0 amide bonds. The maximum absolute atomic E-state index is 5.40. The summed E-state index contributed by atoms with van der Waals surface area (Å²) in [5.41, 5.74) is 0. The molecule has 0 fully saturated rings. The zero-order valence-corrected chi connectivity index (χ0v) is 16.3. The van der Waals surface area contributed by atoms with E-state index in [1.165, 1.54) is 0 Å². The molecule has 2 aromatic rings. The Morgan fingerprint density at radius 2 is 2.41 bits per heavy atom. The minimum Gasteiger partial charge on any atom is -0.469 e. The molecule has 0 aliphatic carbocycles. The number of aliphatic imine (C=N–C) groups is 1. The van der Waals surface area contributed by atoms with E-state index in [9.17, 15) is 0 Å². The van der Waals surface area contributed by atoms with Crippen molar-refractivity contribution in [2.75, 3.05) is 26.3 Å². The Balaban J connectivity index is 1.59. The van der Waals surface area contributed by atoms with Crippen LogP contribution in [0.4, 0.5) is 0 Å². The van der Waals surface area contributed by atoms with Gasteiger partial charge in [-0.25, -0.2) is 9.67 Å². The average molecular weight is 374 g/mol. The first kappa shape index (κ1) is 19.4. The topological polar surface area (TPSA) is 89.5 Å². The van der Waals surface area contributed by atoms with Gasteiger partial charge in [0.2, 0.25) is 0 Å². The van der Waals surface area contributed by atoms with E-state index in [1.807, 2.05) is 30.7 Å². The maximum atomic E-state index is 5.40. The third-order valence-corrected chi connectivity index (χ3v) is 4.46. The number of aromatic nitrogens is 3. The number of nitrogens with one attached hydrogen (secondary N) is 2. The van der Waals surface area contributed by atoms with E-state index in [4.69, 9.17) is 14.1 Å². The van der Waals surface area contributed by atoms with Gasteiger partial charge in [0, 0.05) is 39.3 Å². The lowest BCUT2D eigenvalue weighted by molar-refractivity contribution is 0.146. The van der Waals surface area contributed by atoms with Crippen molar-refractivity contribution in [2.24, 2.45) is 4.99 Å². The molecule has 8 nitrogen and oxygen atoms in total. The van der Waals surface area contributed by atoms with E-state index in [2.05, 4.69) is 20.7 Å². The number of guanidine groups is 1. The van der Waals surface area contributed by atoms with Crippen molar-refractivity contribution < 1.29 is 9.15 Å². The van der Waals surface area contributed by atoms with E-state index in [1.54, 1.807) is 6.26 Å². The van der Waals surface area contributed by atoms with Crippen molar-refractivity contribution in [3.8, 4) is 0 Å². The molecular formula is C19H30N6O2. The predicted octanol–water partition coefficient (Wildman–Crippen LogP) is 2.22. The quantitative estimate of drug-likeness (QED) is 0.397. The molecule has 148 valence electrons. The molecule has 2 N–H and O–H groups in total. The zero-order valence-electron chi connectivity index (χ0n) is 16.3. The summed E-state index contributed by atoms with van der Waals surface area (Å²) in [5, 5.41) is 11.4. The van der Waals surface area contributed by atoms with Gasteiger partial charge in [0.15, 0.2) is 5.96 Å². The predicted molar refractivity (Wildman–Crippen MR) is 104 cm³/mol. The van der Waals surface area contributed by atoms with Gasteiger partial charge in [0.05, 0.1) is 12.3 Å². The number of ether oxygens (including phenoxy) is 1. The van der Waals surface area contributed by atoms with Crippen molar-refractivity contribution in [2.45, 2.75) is 52.1 Å². The van der Waals surface area contributed by atoms with E-state index in [0.29, 0.717) is 6.54 Å². The minimum atomic E-state index is 0.127. The number of fused-ring (bicyclic) bond motifs is 1. The Labute approximate surface area is 160 Å². The first-order chi connectivity index (χ1) is 13.3. The number of hydrogen-bond acceptors (Lipinski definition) is 5. The van der Waals surface area contributed by atoms with Crippen molar-refractivity contribution in [3.63, 3.8) is 0 Å². The lowest BCUT2D eigenvalue weighted by Gasteiger charge is -2.25. The fourth-order valence-corrected chi connectivity index (χ4v) is 3.18. The van der Waals surface area contributed by atoms with Crippen LogP contribution in [0.5, 0.6) is 0 Å². The van der Waals surface area contributed by atoms with Crippen LogP contribution < -0.4 is 10.6 Å². The summed E-state index contributed by atoms with van der Waals surface area (Å²) < 4.78 is 12.8. The van der Waals surface area contributed by atoms with Gasteiger partial charge in [-0.05, 0) is 45.2 Å². The first-order valence-electron chi connectivity index (χ1n) is 9.82. The highest BCUT2D eigenvalue weighted by molar-refractivity contribution is 5.80. The van der Waals surface area contributed by atoms with Crippen LogP contribution in [0.3, 0.4) is 0 Å². The molecule has 1 unspecified atom stereocenters. The second kappa shape index (κ2) is 10.1. The fourth-order valence-electron chi connectivity index (χ4n) is 3.18. The number of hydrogen-bond donors (Lipinski definition) is 2. The molecule has 8 heteroatoms. The molecule has 1 aliphatic heterocycles. The third kappa shape index (κ3) is 5.82. The van der Waals surface area contributed by atoms with E-state index >= 15 is 0 Å². The summed E-state index contributed by atoms with van der Waals surface area (Å²) >= 11 is 0. The average Bonchev–Trinajstić information content (AvgIpc) is 3.30. The molecule has 1 atom stereocenters. The monoisotopic (exact) mass is 374 g/mol. The van der Waals surface area contributed by atoms with Crippen molar-refractivity contribution in [1.82, 2.24) is 25.4 Å². The van der Waals surface area contributed by atoms with Crippen LogP contribution in [0.15, 0.2) is 27.8 Å². The Kier molecular flexibility index (Phi) is 7.27. The molecule has 0 saturated carbocycles. The number of rotatable bonds is 9. The molecule has 27 heavy (non-hydrogen) atoms. The van der Waals surface area contributed by atoms with Crippen LogP contribution in [0, 0.1) is 6.92 Å². The summed E-state index contributed by atoms with van der Waals surface area (Å²) in [6.45, 7) is 7.82. The van der Waals surface area contributed by atoms with Crippen molar-refractivity contribution in [3.05, 3.63) is 35.8 Å². The number of aryl methyl sites for hydroxylation is 2. The van der Waals surface area contributed by atoms with Gasteiger partial charge in [0.25, 0.3) is 0 Å². The third-order valence-electron chi connectivity index (χ3n) is 4.46. The lowest BCUT2D eigenvalue weighted by atomic mass is 10.1. The molecule has 1 aliphatic rings. The Morgan fingerprint density at radius 3 is 3.22 bits per heavy atom. The van der Waals surface area contributed by atoms with Crippen LogP contribution in [0.2, 0.25) is 0 Å². The van der Waals surface area contributed by atoms with Crippen molar-refractivity contribution in [1.29, 1.82) is 0 Å². The Hall–Kier alpha value is -2.35. The van der Waals surface area contributed by atoms with Gasteiger partial charge in [0.1, 0.15) is 17.4 Å². The van der Waals surface area contributed by atoms with Gasteiger partial charge in [-0.2, -0.15) is 5.10 Å². The highest BCUT2D eigenvalue weighted by Gasteiger charge is 2.24. The SMILES string of the molecule is CCOCCCN=C(NCCc1ccco1)NC1CCCn2nc(C)nc21. The van der Waals surface area contributed by atoms with Gasteiger partial charge in [-0.1, -0.05) is 0 Å². The summed E-state index contributed by atoms with van der Waals surface area (Å²) in [7, 11) is 0. The standard InChI is InChI=1S/C19H30N6O2/c1-3-26-13-6-10-20-19(21-11-9-16-7-5-14-27-16)23-17-8-4-12-25-18(17)22-15(2)24-25/h5,7,14,17H,3-4,6,8-13H2,1-2H3,(H2,20,21,23). The smallest absolute Gasteiger partial charge is 0.191 e. The molecule has 2 aromatic heterocycles. The van der Waals surface area contributed by atoms with E-state index in [-0.39, 0.29) is 6.04 Å². The van der Waals surface area contributed by atoms with E-state index in [0.717, 1.165) is 75.4 Å². The van der Waals surface area contributed by atoms with Crippen molar-refractivity contribution >= 4 is 5.96 Å². The molecular weight excluding hydrogens is 344 g/mol. The van der Waals surface area contributed by atoms with Crippen LogP contribution in [0.25, 0.3) is 0 Å². The molecule has 0 aromatic carbocycles. The lowest BCUT2D eigenvalue weighted by Crippen LogP contribution is -2.42. The largest absolute Gasteiger partial charge is 0.469 e. The normalized spacial score (nSPS) is 17.0. The first-order valence-corrected chi connectivity index (χ1v) is 9.82. The highest BCUT2D eigenvalue weighted by Crippen LogP contribution is 2.22. The molecule has 3 rings (SSSR count). The van der Waals surface area contributed by atoms with Gasteiger partial charge in [-0.15, -0.1) is 0 Å². The maximum Gasteiger partial charge on any atom is 0.191 e. The van der Waals surface area contributed by atoms with Gasteiger partial charge in [-0.3, -0.25) is 4.99 Å². The number of nitrogens with zero attached hydrogens (tertiary/aromatic N) is 4. The molecule has 0 saturated heterocycles. The summed E-state index contributed by atoms with van der Waals surface area (Å²) in [4.78, 5) is 9.31. The molecule has 0 spiro atoms. The molecule has 0 radical (unpaired) electrons. The fraction of sp³-hybridized carbons (Fsp3) is 0.632. The summed E-state index contributed by atoms with van der Waals surface area (Å²) in [6, 6.07) is 4.02. The van der Waals surface area contributed by atoms with Gasteiger partial charge < -0.3 is 19.8 Å². The molecule has 3 heterocycles. The zero-order chi connectivity index (χ0) is 18.9. The van der Waals surface area contributed by atoms with Crippen LogP contribution in [-0.2, 0) is 17.7 Å². The minimum absolute atomic E-state index is 0.127. The van der Waals surface area contributed by atoms with Crippen LogP contribution in [-0.4, -0.2) is 47.0 Å². The summed E-state index contributed by atoms with van der Waals surface area (Å²) in [5.74, 6) is 3.58. The van der Waals surface area contributed by atoms with E-state index < -0.39 is 0 Å². The van der Waals surface area contributed by atoms with Gasteiger partial charge >= 0.3 is 0 Å². The number of furan rings is 1. The second-order valence-electron chi connectivity index (χ2n) is 6.62. The Bertz CT molecular complexity index is 710. The second-order valence-corrected chi connectivity index (χ2v) is 6.62. The summed E-state index contributed by atoms with van der Waals surface area (Å²) in [6.07, 6.45) is 5.52. The Morgan fingerprint density at radius 1 is 1.48 bits per heavy atom. The van der Waals surface area contributed by atoms with Crippen LogP contribution in [0.1, 0.15) is 49.6 Å². The van der Waals surface area contributed by atoms with Crippen LogP contribution >= 0.6 is 0 Å².